The average molecular weight is 295 g/mol. The summed E-state index contributed by atoms with van der Waals surface area (Å²) in [7, 11) is 0. The van der Waals surface area contributed by atoms with Gasteiger partial charge < -0.3 is 10.6 Å². The van der Waals surface area contributed by atoms with E-state index in [0.29, 0.717) is 12.3 Å². The molecule has 0 saturated carbocycles. The Balaban J connectivity index is 0.00000289. The molecular weight excluding hydrogens is 268 g/mol. The molecule has 1 heterocycles. The molecule has 5 heteroatoms. The fraction of sp³-hybridized carbons (Fsp3) is 0.923. The number of rotatable bonds is 7. The Kier molecular flexibility index (Phi) is 9.09. The second-order valence-electron chi connectivity index (χ2n) is 4.93. The molecular formula is C13H27ClN2OS. The third kappa shape index (κ3) is 5.37. The van der Waals surface area contributed by atoms with E-state index in [1.165, 1.54) is 0 Å². The van der Waals surface area contributed by atoms with Crippen LogP contribution in [0.3, 0.4) is 0 Å². The van der Waals surface area contributed by atoms with Gasteiger partial charge in [-0.05, 0) is 44.5 Å². The van der Waals surface area contributed by atoms with Crippen LogP contribution in [0.25, 0.3) is 0 Å². The zero-order valence-corrected chi connectivity index (χ0v) is 13.4. The Hall–Kier alpha value is 0.0700. The van der Waals surface area contributed by atoms with Crippen molar-refractivity contribution in [2.45, 2.75) is 44.3 Å². The van der Waals surface area contributed by atoms with Crippen molar-refractivity contribution in [1.29, 1.82) is 0 Å². The highest BCUT2D eigenvalue weighted by Crippen LogP contribution is 2.29. The van der Waals surface area contributed by atoms with Crippen LogP contribution in [0.15, 0.2) is 0 Å². The standard InChI is InChI=1S/C13H26N2OS.ClH/c1-4-13(5-2,17-3)10-15-12(16)8-11-6-7-14-9-11;/h11,14H,4-10H2,1-3H3,(H,15,16);1H. The van der Waals surface area contributed by atoms with Crippen LogP contribution in [0.2, 0.25) is 0 Å². The van der Waals surface area contributed by atoms with E-state index in [1.807, 2.05) is 11.8 Å². The van der Waals surface area contributed by atoms with E-state index in [1.54, 1.807) is 0 Å². The number of carbonyl (C=O) groups is 1. The van der Waals surface area contributed by atoms with Crippen molar-refractivity contribution in [2.75, 3.05) is 25.9 Å². The number of halogens is 1. The fourth-order valence-electron chi connectivity index (χ4n) is 2.34. The first-order valence-corrected chi connectivity index (χ1v) is 7.91. The molecule has 18 heavy (non-hydrogen) atoms. The van der Waals surface area contributed by atoms with E-state index < -0.39 is 0 Å². The molecule has 1 amide bonds. The van der Waals surface area contributed by atoms with Crippen LogP contribution in [0, 0.1) is 5.92 Å². The summed E-state index contributed by atoms with van der Waals surface area (Å²) in [5.74, 6) is 0.765. The molecule has 1 fully saturated rings. The zero-order valence-electron chi connectivity index (χ0n) is 11.8. The molecule has 0 aromatic heterocycles. The highest BCUT2D eigenvalue weighted by Gasteiger charge is 2.26. The number of hydrogen-bond donors (Lipinski definition) is 2. The lowest BCUT2D eigenvalue weighted by atomic mass is 10.0. The van der Waals surface area contributed by atoms with Crippen LogP contribution in [0.1, 0.15) is 39.5 Å². The smallest absolute Gasteiger partial charge is 0.220 e. The van der Waals surface area contributed by atoms with Gasteiger partial charge in [0.05, 0.1) is 0 Å². The summed E-state index contributed by atoms with van der Waals surface area (Å²) in [5.41, 5.74) is 0. The van der Waals surface area contributed by atoms with Gasteiger partial charge >= 0.3 is 0 Å². The Morgan fingerprint density at radius 1 is 1.44 bits per heavy atom. The lowest BCUT2D eigenvalue weighted by molar-refractivity contribution is -0.122. The zero-order chi connectivity index (χ0) is 12.7. The molecule has 0 bridgehead atoms. The molecule has 1 aliphatic rings. The first-order valence-electron chi connectivity index (χ1n) is 6.68. The highest BCUT2D eigenvalue weighted by atomic mass is 35.5. The van der Waals surface area contributed by atoms with Crippen LogP contribution in [0.4, 0.5) is 0 Å². The van der Waals surface area contributed by atoms with Gasteiger partial charge in [0, 0.05) is 17.7 Å². The Labute approximate surface area is 122 Å². The quantitative estimate of drug-likeness (QED) is 0.758. The summed E-state index contributed by atoms with van der Waals surface area (Å²) in [5, 5.41) is 6.42. The van der Waals surface area contributed by atoms with Crippen molar-refractivity contribution in [2.24, 2.45) is 5.92 Å². The molecule has 0 aliphatic carbocycles. The first kappa shape index (κ1) is 18.1. The number of hydrogen-bond acceptors (Lipinski definition) is 3. The normalized spacial score (nSPS) is 19.4. The third-order valence-electron chi connectivity index (χ3n) is 3.97. The van der Waals surface area contributed by atoms with E-state index in [9.17, 15) is 4.79 Å². The topological polar surface area (TPSA) is 41.1 Å². The van der Waals surface area contributed by atoms with Crippen LogP contribution in [-0.2, 0) is 4.79 Å². The SMILES string of the molecule is CCC(CC)(CNC(=O)CC1CCNC1)SC.Cl. The largest absolute Gasteiger partial charge is 0.355 e. The molecule has 3 nitrogen and oxygen atoms in total. The van der Waals surface area contributed by atoms with Gasteiger partial charge in [0.25, 0.3) is 0 Å². The molecule has 0 aromatic rings. The monoisotopic (exact) mass is 294 g/mol. The second-order valence-corrected chi connectivity index (χ2v) is 6.21. The number of carbonyl (C=O) groups excluding carboxylic acids is 1. The van der Waals surface area contributed by atoms with E-state index in [0.717, 1.165) is 38.9 Å². The number of amides is 1. The number of nitrogens with one attached hydrogen (secondary N) is 2. The van der Waals surface area contributed by atoms with Gasteiger partial charge in [0.2, 0.25) is 5.91 Å². The van der Waals surface area contributed by atoms with E-state index in [-0.39, 0.29) is 23.1 Å². The van der Waals surface area contributed by atoms with Gasteiger partial charge in [-0.15, -0.1) is 12.4 Å². The predicted molar refractivity (Wildman–Crippen MR) is 82.7 cm³/mol. The van der Waals surface area contributed by atoms with Gasteiger partial charge in [-0.3, -0.25) is 4.79 Å². The van der Waals surface area contributed by atoms with Crippen molar-refractivity contribution in [3.05, 3.63) is 0 Å². The summed E-state index contributed by atoms with van der Waals surface area (Å²) in [4.78, 5) is 11.8. The minimum Gasteiger partial charge on any atom is -0.355 e. The maximum Gasteiger partial charge on any atom is 0.220 e. The van der Waals surface area contributed by atoms with Gasteiger partial charge in [-0.2, -0.15) is 11.8 Å². The molecule has 1 unspecified atom stereocenters. The van der Waals surface area contributed by atoms with Crippen molar-refractivity contribution < 1.29 is 4.79 Å². The lowest BCUT2D eigenvalue weighted by Gasteiger charge is -2.30. The van der Waals surface area contributed by atoms with Gasteiger partial charge in [-0.1, -0.05) is 13.8 Å². The van der Waals surface area contributed by atoms with E-state index >= 15 is 0 Å². The van der Waals surface area contributed by atoms with Crippen molar-refractivity contribution >= 4 is 30.1 Å². The summed E-state index contributed by atoms with van der Waals surface area (Å²) in [6, 6.07) is 0. The Morgan fingerprint density at radius 2 is 2.11 bits per heavy atom. The van der Waals surface area contributed by atoms with Gasteiger partial charge in [0.15, 0.2) is 0 Å². The maximum atomic E-state index is 11.8. The molecule has 0 radical (unpaired) electrons. The van der Waals surface area contributed by atoms with Crippen molar-refractivity contribution in [3.63, 3.8) is 0 Å². The third-order valence-corrected chi connectivity index (χ3v) is 5.55. The first-order chi connectivity index (χ1) is 8.15. The number of thioether (sulfide) groups is 1. The molecule has 1 rings (SSSR count). The van der Waals surface area contributed by atoms with Gasteiger partial charge in [-0.25, -0.2) is 0 Å². The average Bonchev–Trinajstić information content (AvgIpc) is 2.84. The Morgan fingerprint density at radius 3 is 2.56 bits per heavy atom. The lowest BCUT2D eigenvalue weighted by Crippen LogP contribution is -2.40. The highest BCUT2D eigenvalue weighted by molar-refractivity contribution is 8.00. The molecule has 0 spiro atoms. The van der Waals surface area contributed by atoms with Crippen LogP contribution < -0.4 is 10.6 Å². The maximum absolute atomic E-state index is 11.8. The molecule has 1 atom stereocenters. The van der Waals surface area contributed by atoms with Crippen LogP contribution >= 0.6 is 24.2 Å². The summed E-state index contributed by atoms with van der Waals surface area (Å²) < 4.78 is 0.226. The summed E-state index contributed by atoms with van der Waals surface area (Å²) >= 11 is 1.88. The Bertz CT molecular complexity index is 233. The van der Waals surface area contributed by atoms with Crippen molar-refractivity contribution in [1.82, 2.24) is 10.6 Å². The molecule has 1 aliphatic heterocycles. The van der Waals surface area contributed by atoms with Crippen molar-refractivity contribution in [3.8, 4) is 0 Å². The molecule has 108 valence electrons. The summed E-state index contributed by atoms with van der Waals surface area (Å²) in [6.07, 6.45) is 6.18. The fourth-order valence-corrected chi connectivity index (χ4v) is 3.14. The second kappa shape index (κ2) is 9.05. The van der Waals surface area contributed by atoms with E-state index in [2.05, 4.69) is 30.7 Å². The molecule has 1 saturated heterocycles. The molecule has 0 aromatic carbocycles. The predicted octanol–water partition coefficient (Wildman–Crippen LogP) is 2.45. The minimum atomic E-state index is 0. The summed E-state index contributed by atoms with van der Waals surface area (Å²) in [6.45, 7) is 7.28. The van der Waals surface area contributed by atoms with Crippen LogP contribution in [0.5, 0.6) is 0 Å². The van der Waals surface area contributed by atoms with E-state index in [4.69, 9.17) is 0 Å². The van der Waals surface area contributed by atoms with Crippen LogP contribution in [-0.4, -0.2) is 36.5 Å². The van der Waals surface area contributed by atoms with Gasteiger partial charge in [0.1, 0.15) is 0 Å². The molecule has 2 N–H and O–H groups in total. The minimum absolute atomic E-state index is 0.